The topological polar surface area (TPSA) is 78.9 Å². The van der Waals surface area contributed by atoms with Crippen LogP contribution in [0.3, 0.4) is 0 Å². The summed E-state index contributed by atoms with van der Waals surface area (Å²) in [6.07, 6.45) is 89.7. The number of ether oxygens (including phenoxy) is 3. The van der Waals surface area contributed by atoms with Crippen LogP contribution in [0, 0.1) is 0 Å². The van der Waals surface area contributed by atoms with Crippen molar-refractivity contribution in [2.45, 2.75) is 245 Å². The van der Waals surface area contributed by atoms with Crippen LogP contribution >= 0.6 is 0 Å². The molecule has 0 saturated carbocycles. The van der Waals surface area contributed by atoms with Crippen molar-refractivity contribution in [2.75, 3.05) is 13.2 Å². The first-order valence-electron chi connectivity index (χ1n) is 30.0. The summed E-state index contributed by atoms with van der Waals surface area (Å²) >= 11 is 0. The minimum Gasteiger partial charge on any atom is -0.462 e. The summed E-state index contributed by atoms with van der Waals surface area (Å²) in [5, 5.41) is 0. The lowest BCUT2D eigenvalue weighted by Crippen LogP contribution is -2.30. The summed E-state index contributed by atoms with van der Waals surface area (Å²) in [7, 11) is 0. The van der Waals surface area contributed by atoms with E-state index in [-0.39, 0.29) is 37.5 Å². The van der Waals surface area contributed by atoms with Crippen LogP contribution in [0.4, 0.5) is 0 Å². The second-order valence-electron chi connectivity index (χ2n) is 19.1. The Hall–Kier alpha value is -4.97. The highest BCUT2D eigenvalue weighted by atomic mass is 16.6. The largest absolute Gasteiger partial charge is 0.462 e. The van der Waals surface area contributed by atoms with Crippen LogP contribution in [0.2, 0.25) is 0 Å². The van der Waals surface area contributed by atoms with Crippen LogP contribution in [-0.2, 0) is 28.6 Å². The number of hydrogen-bond acceptors (Lipinski definition) is 6. The van der Waals surface area contributed by atoms with Gasteiger partial charge in [-0.05, 0) is 122 Å². The van der Waals surface area contributed by atoms with Crippen LogP contribution in [-0.4, -0.2) is 37.2 Å². The van der Waals surface area contributed by atoms with Crippen LogP contribution in [0.25, 0.3) is 0 Å². The molecule has 6 heteroatoms. The minimum absolute atomic E-state index is 0.107. The lowest BCUT2D eigenvalue weighted by molar-refractivity contribution is -0.167. The smallest absolute Gasteiger partial charge is 0.306 e. The number of rotatable bonds is 52. The Morgan fingerprint density at radius 2 is 0.533 bits per heavy atom. The number of unbranched alkanes of at least 4 members (excludes halogenated alkanes) is 15. The van der Waals surface area contributed by atoms with Crippen molar-refractivity contribution < 1.29 is 28.6 Å². The van der Waals surface area contributed by atoms with Gasteiger partial charge in [-0.3, -0.25) is 14.4 Å². The van der Waals surface area contributed by atoms with Gasteiger partial charge in [-0.15, -0.1) is 0 Å². The molecule has 0 aromatic rings. The van der Waals surface area contributed by atoms with Crippen molar-refractivity contribution in [3.63, 3.8) is 0 Å². The summed E-state index contributed by atoms with van der Waals surface area (Å²) in [4.78, 5) is 38.1. The van der Waals surface area contributed by atoms with Gasteiger partial charge in [-0.1, -0.05) is 256 Å². The second-order valence-corrected chi connectivity index (χ2v) is 19.1. The van der Waals surface area contributed by atoms with Gasteiger partial charge in [-0.2, -0.15) is 0 Å². The molecule has 0 aromatic carbocycles. The number of carbonyl (C=O) groups excluding carboxylic acids is 3. The molecule has 0 N–H and O–H groups in total. The molecule has 0 fully saturated rings. The van der Waals surface area contributed by atoms with Crippen LogP contribution < -0.4 is 0 Å². The van der Waals surface area contributed by atoms with E-state index in [0.717, 1.165) is 141 Å². The normalized spacial score (nSPS) is 13.3. The first kappa shape index (κ1) is 70.0. The summed E-state index contributed by atoms with van der Waals surface area (Å²) in [5.74, 6) is -0.994. The fourth-order valence-corrected chi connectivity index (χ4v) is 7.61. The van der Waals surface area contributed by atoms with Gasteiger partial charge in [0.2, 0.25) is 0 Å². The summed E-state index contributed by atoms with van der Waals surface area (Å²) in [6.45, 7) is 6.32. The molecule has 0 bridgehead atoms. The molecule has 0 radical (unpaired) electrons. The number of allylic oxidation sites excluding steroid dienone is 26. The van der Waals surface area contributed by atoms with Gasteiger partial charge in [0, 0.05) is 19.3 Å². The zero-order valence-electron chi connectivity index (χ0n) is 48.0. The van der Waals surface area contributed by atoms with Gasteiger partial charge in [0.1, 0.15) is 13.2 Å². The second kappa shape index (κ2) is 61.6. The molecule has 420 valence electrons. The maximum Gasteiger partial charge on any atom is 0.306 e. The Bertz CT molecular complexity index is 1710. The predicted molar refractivity (Wildman–Crippen MR) is 325 cm³/mol. The fraction of sp³-hybridized carbons (Fsp3) is 0.580. The Labute approximate surface area is 460 Å². The molecule has 0 aliphatic carbocycles. The third kappa shape index (κ3) is 59.8. The third-order valence-electron chi connectivity index (χ3n) is 12.0. The van der Waals surface area contributed by atoms with E-state index in [2.05, 4.69) is 179 Å². The van der Waals surface area contributed by atoms with Crippen molar-refractivity contribution >= 4 is 17.9 Å². The highest BCUT2D eigenvalue weighted by Gasteiger charge is 2.19. The van der Waals surface area contributed by atoms with E-state index in [1.807, 2.05) is 0 Å². The van der Waals surface area contributed by atoms with E-state index in [9.17, 15) is 14.4 Å². The lowest BCUT2D eigenvalue weighted by atomic mass is 10.1. The lowest BCUT2D eigenvalue weighted by Gasteiger charge is -2.18. The molecule has 1 unspecified atom stereocenters. The molecule has 0 aromatic heterocycles. The third-order valence-corrected chi connectivity index (χ3v) is 12.0. The van der Waals surface area contributed by atoms with Gasteiger partial charge >= 0.3 is 17.9 Å². The Kier molecular flexibility index (Phi) is 57.5. The van der Waals surface area contributed by atoms with Crippen molar-refractivity contribution in [3.8, 4) is 0 Å². The van der Waals surface area contributed by atoms with Crippen molar-refractivity contribution in [2.24, 2.45) is 0 Å². The van der Waals surface area contributed by atoms with E-state index in [1.165, 1.54) is 51.4 Å². The fourth-order valence-electron chi connectivity index (χ4n) is 7.61. The molecule has 0 rings (SSSR count). The number of hydrogen-bond donors (Lipinski definition) is 0. The van der Waals surface area contributed by atoms with E-state index in [4.69, 9.17) is 14.2 Å². The van der Waals surface area contributed by atoms with Crippen molar-refractivity contribution in [3.05, 3.63) is 158 Å². The van der Waals surface area contributed by atoms with Gasteiger partial charge in [0.25, 0.3) is 0 Å². The van der Waals surface area contributed by atoms with Gasteiger partial charge in [0.15, 0.2) is 6.10 Å². The van der Waals surface area contributed by atoms with E-state index in [1.54, 1.807) is 0 Å². The Balaban J connectivity index is 4.41. The average molecular weight is 1030 g/mol. The minimum atomic E-state index is -0.815. The van der Waals surface area contributed by atoms with Gasteiger partial charge in [0.05, 0.1) is 0 Å². The molecule has 0 aliphatic heterocycles. The van der Waals surface area contributed by atoms with Crippen LogP contribution in [0.15, 0.2) is 158 Å². The predicted octanol–water partition coefficient (Wildman–Crippen LogP) is 20.5. The maximum atomic E-state index is 12.8. The molecule has 6 nitrogen and oxygen atoms in total. The molecular weight excluding hydrogens is 925 g/mol. The van der Waals surface area contributed by atoms with Gasteiger partial charge < -0.3 is 14.2 Å². The highest BCUT2D eigenvalue weighted by molar-refractivity contribution is 5.71. The first-order valence-corrected chi connectivity index (χ1v) is 30.0. The monoisotopic (exact) mass is 1030 g/mol. The zero-order chi connectivity index (χ0) is 54.3. The highest BCUT2D eigenvalue weighted by Crippen LogP contribution is 2.13. The summed E-state index contributed by atoms with van der Waals surface area (Å²) in [5.41, 5.74) is 0. The first-order chi connectivity index (χ1) is 37.0. The van der Waals surface area contributed by atoms with E-state index in [0.29, 0.717) is 19.3 Å². The van der Waals surface area contributed by atoms with Crippen molar-refractivity contribution in [1.82, 2.24) is 0 Å². The molecule has 1 atom stereocenters. The number of esters is 3. The quantitative estimate of drug-likeness (QED) is 0.0261. The zero-order valence-corrected chi connectivity index (χ0v) is 48.0. The Morgan fingerprint density at radius 3 is 0.867 bits per heavy atom. The van der Waals surface area contributed by atoms with Crippen LogP contribution in [0.5, 0.6) is 0 Å². The van der Waals surface area contributed by atoms with Crippen LogP contribution in [0.1, 0.15) is 239 Å². The standard InChI is InChI=1S/C69H108O6/c1-4-7-10-13-16-19-21-23-25-27-29-30-31-32-33-34-35-36-37-38-40-41-43-45-47-50-53-56-59-62-68(71)74-65-66(64-73-67(70)61-58-55-52-49-18-15-12-9-6-3)75-69(72)63-60-57-54-51-48-46-44-42-39-28-26-24-22-20-17-14-11-8-5-2/h7-8,10-11,16-17,19-20,23-26,29-30,32-33,35-36,38-40,42-43,45,50,53,66H,4-6,9,12-15,18,21-22,27-28,31,34,37,41,44,46-49,51-52,54-65H2,1-3H3/b10-7-,11-8-,19-16-,20-17-,25-23-,26-24-,30-29-,33-32-,36-35-,40-38-,42-39-,45-43-,53-50-. The Morgan fingerprint density at radius 1 is 0.280 bits per heavy atom. The molecule has 0 spiro atoms. The van der Waals surface area contributed by atoms with Crippen molar-refractivity contribution in [1.29, 1.82) is 0 Å². The van der Waals surface area contributed by atoms with E-state index < -0.39 is 6.10 Å². The van der Waals surface area contributed by atoms with Gasteiger partial charge in [-0.25, -0.2) is 0 Å². The molecule has 0 amide bonds. The molecule has 0 heterocycles. The molecule has 75 heavy (non-hydrogen) atoms. The molecular formula is C69H108O6. The SMILES string of the molecule is CC/C=C\C/C=C\C/C=C\C/C=C\C/C=C\C/C=C\C/C=C\C/C=C\C/C=C\CCCC(=O)OCC(COC(=O)CCCCCCCCCCC)OC(=O)CCCCCCCC/C=C\C/C=C\C/C=C\C/C=C\CC. The molecule has 0 saturated heterocycles. The van der Waals surface area contributed by atoms with E-state index >= 15 is 0 Å². The maximum absolute atomic E-state index is 12.8. The average Bonchev–Trinajstić information content (AvgIpc) is 3.41. The molecule has 0 aliphatic rings. The summed E-state index contributed by atoms with van der Waals surface area (Å²) in [6, 6.07) is 0. The number of carbonyl (C=O) groups is 3. The summed E-state index contributed by atoms with van der Waals surface area (Å²) < 4.78 is 16.8.